The molecule has 0 radical (unpaired) electrons. The van der Waals surface area contributed by atoms with E-state index >= 15 is 0 Å². The molecule has 4 aromatic rings. The minimum Gasteiger partial charge on any atom is -0.337 e. The molecule has 0 atom stereocenters. The summed E-state index contributed by atoms with van der Waals surface area (Å²) in [6, 6.07) is 18.2. The van der Waals surface area contributed by atoms with Crippen LogP contribution in [0.3, 0.4) is 0 Å². The molecular formula is C22H19N5O2S. The van der Waals surface area contributed by atoms with E-state index in [9.17, 15) is 13.7 Å². The van der Waals surface area contributed by atoms with E-state index in [0.29, 0.717) is 11.4 Å². The van der Waals surface area contributed by atoms with Crippen LogP contribution in [0.15, 0.2) is 59.5 Å². The summed E-state index contributed by atoms with van der Waals surface area (Å²) in [5, 5.41) is 14.9. The number of fused-ring (bicyclic) bond motifs is 1. The second-order valence-electron chi connectivity index (χ2n) is 6.97. The summed E-state index contributed by atoms with van der Waals surface area (Å²) in [6.45, 7) is 3.89. The maximum absolute atomic E-state index is 11.5. The fraction of sp³-hybridized carbons (Fsp3) is 0.0909. The monoisotopic (exact) mass is 417 g/mol. The van der Waals surface area contributed by atoms with Crippen LogP contribution >= 0.6 is 0 Å². The van der Waals surface area contributed by atoms with Gasteiger partial charge in [0.15, 0.2) is 0 Å². The molecule has 2 aromatic carbocycles. The van der Waals surface area contributed by atoms with E-state index in [4.69, 9.17) is 5.14 Å². The molecule has 0 bridgehead atoms. The Labute approximate surface area is 174 Å². The van der Waals surface area contributed by atoms with Gasteiger partial charge in [-0.1, -0.05) is 12.1 Å². The topological polar surface area (TPSA) is 118 Å². The highest BCUT2D eigenvalue weighted by Gasteiger charge is 2.14. The zero-order chi connectivity index (χ0) is 21.5. The number of sulfonamides is 1. The smallest absolute Gasteiger partial charge is 0.238 e. The summed E-state index contributed by atoms with van der Waals surface area (Å²) in [4.78, 5) is 7.75. The molecule has 0 aliphatic rings. The van der Waals surface area contributed by atoms with Crippen molar-refractivity contribution in [1.29, 1.82) is 5.26 Å². The van der Waals surface area contributed by atoms with Gasteiger partial charge in [0.1, 0.15) is 11.9 Å². The molecule has 0 saturated carbocycles. The lowest BCUT2D eigenvalue weighted by Gasteiger charge is -2.10. The van der Waals surface area contributed by atoms with Crippen molar-refractivity contribution in [3.05, 3.63) is 77.4 Å². The Morgan fingerprint density at radius 3 is 2.50 bits per heavy atom. The maximum atomic E-state index is 11.5. The lowest BCUT2D eigenvalue weighted by Crippen LogP contribution is -2.12. The van der Waals surface area contributed by atoms with Gasteiger partial charge in [-0.15, -0.1) is 0 Å². The van der Waals surface area contributed by atoms with Gasteiger partial charge >= 0.3 is 0 Å². The Kier molecular flexibility index (Phi) is 4.78. The lowest BCUT2D eigenvalue weighted by atomic mass is 10.1. The Bertz CT molecular complexity index is 1400. The van der Waals surface area contributed by atoms with E-state index < -0.39 is 10.0 Å². The number of allylic oxidation sites excluding steroid dienone is 1. The first-order valence-corrected chi connectivity index (χ1v) is 10.7. The highest BCUT2D eigenvalue weighted by Crippen LogP contribution is 2.26. The molecular weight excluding hydrogens is 398 g/mol. The van der Waals surface area contributed by atoms with Crippen LogP contribution in [-0.4, -0.2) is 23.0 Å². The first-order chi connectivity index (χ1) is 14.3. The van der Waals surface area contributed by atoms with Crippen molar-refractivity contribution in [2.24, 2.45) is 5.14 Å². The van der Waals surface area contributed by atoms with Gasteiger partial charge in [-0.25, -0.2) is 18.5 Å². The average molecular weight is 417 g/mol. The molecule has 0 aliphatic carbocycles. The summed E-state index contributed by atoms with van der Waals surface area (Å²) in [5.41, 5.74) is 5.64. The summed E-state index contributed by atoms with van der Waals surface area (Å²) < 4.78 is 25.0. The van der Waals surface area contributed by atoms with Crippen molar-refractivity contribution in [3.8, 4) is 11.8 Å². The van der Waals surface area contributed by atoms with Gasteiger partial charge in [0, 0.05) is 17.1 Å². The van der Waals surface area contributed by atoms with Gasteiger partial charge in [0.05, 0.1) is 21.5 Å². The van der Waals surface area contributed by atoms with Gasteiger partial charge in [-0.3, -0.25) is 0 Å². The highest BCUT2D eigenvalue weighted by atomic mass is 32.2. The number of nitrogens with one attached hydrogen (secondary N) is 1. The second kappa shape index (κ2) is 7.30. The Balaban J connectivity index is 1.76. The predicted molar refractivity (Wildman–Crippen MR) is 116 cm³/mol. The molecule has 2 aromatic heterocycles. The molecule has 0 amide bonds. The number of nitrogens with two attached hydrogens (primary N) is 1. The van der Waals surface area contributed by atoms with Gasteiger partial charge in [0.2, 0.25) is 10.0 Å². The SMILES string of the molecule is Cc1cc(/C=C(\C#N)c2nc3ccccc3[nH]2)c(C)n1-c1ccc(S(N)(=O)=O)cc1. The zero-order valence-electron chi connectivity index (χ0n) is 16.4. The molecule has 150 valence electrons. The fourth-order valence-electron chi connectivity index (χ4n) is 3.51. The van der Waals surface area contributed by atoms with Crippen molar-refractivity contribution in [2.45, 2.75) is 18.7 Å². The molecule has 3 N–H and O–H groups in total. The summed E-state index contributed by atoms with van der Waals surface area (Å²) >= 11 is 0. The number of aromatic nitrogens is 3. The summed E-state index contributed by atoms with van der Waals surface area (Å²) in [7, 11) is -3.74. The van der Waals surface area contributed by atoms with E-state index in [-0.39, 0.29) is 4.90 Å². The standard InChI is InChI=1S/C22H19N5O2S/c1-14-11-16(12-17(13-23)22-25-20-5-3-4-6-21(20)26-22)15(2)27(14)18-7-9-19(10-8-18)30(24,28)29/h3-12H,1-2H3,(H,25,26)(H2,24,28,29)/b17-12+. The van der Waals surface area contributed by atoms with Crippen LogP contribution in [0.1, 0.15) is 22.8 Å². The third-order valence-electron chi connectivity index (χ3n) is 4.96. The minimum absolute atomic E-state index is 0.0606. The van der Waals surface area contributed by atoms with Crippen LogP contribution in [0, 0.1) is 25.2 Å². The number of benzene rings is 2. The molecule has 8 heteroatoms. The largest absolute Gasteiger partial charge is 0.337 e. The molecule has 30 heavy (non-hydrogen) atoms. The van der Waals surface area contributed by atoms with E-state index in [1.165, 1.54) is 12.1 Å². The van der Waals surface area contributed by atoms with Gasteiger partial charge < -0.3 is 9.55 Å². The van der Waals surface area contributed by atoms with Crippen molar-refractivity contribution >= 4 is 32.7 Å². The third-order valence-corrected chi connectivity index (χ3v) is 5.89. The highest BCUT2D eigenvalue weighted by molar-refractivity contribution is 7.89. The van der Waals surface area contributed by atoms with Crippen molar-refractivity contribution in [2.75, 3.05) is 0 Å². The lowest BCUT2D eigenvalue weighted by molar-refractivity contribution is 0.598. The van der Waals surface area contributed by atoms with Crippen molar-refractivity contribution in [3.63, 3.8) is 0 Å². The number of para-hydroxylation sites is 2. The van der Waals surface area contributed by atoms with Gasteiger partial charge in [0.25, 0.3) is 0 Å². The Hall–Kier alpha value is -3.67. The molecule has 0 fully saturated rings. The van der Waals surface area contributed by atoms with E-state index in [1.807, 2.05) is 48.7 Å². The molecule has 7 nitrogen and oxygen atoms in total. The van der Waals surface area contributed by atoms with Gasteiger partial charge in [-0.2, -0.15) is 5.26 Å². The van der Waals surface area contributed by atoms with Crippen LogP contribution in [0.25, 0.3) is 28.4 Å². The summed E-state index contributed by atoms with van der Waals surface area (Å²) in [5.74, 6) is 0.515. The molecule has 2 heterocycles. The Morgan fingerprint density at radius 1 is 1.17 bits per heavy atom. The number of aromatic amines is 1. The number of aryl methyl sites for hydroxylation is 1. The number of imidazole rings is 1. The van der Waals surface area contributed by atoms with E-state index in [2.05, 4.69) is 16.0 Å². The van der Waals surface area contributed by atoms with Crippen LogP contribution in [-0.2, 0) is 10.0 Å². The maximum Gasteiger partial charge on any atom is 0.238 e. The summed E-state index contributed by atoms with van der Waals surface area (Å²) in [6.07, 6.45) is 1.80. The number of H-pyrrole nitrogens is 1. The first kappa shape index (κ1) is 19.6. The van der Waals surface area contributed by atoms with Crippen LogP contribution in [0.5, 0.6) is 0 Å². The molecule has 0 unspecified atom stereocenters. The van der Waals surface area contributed by atoms with E-state index in [1.54, 1.807) is 18.2 Å². The van der Waals surface area contributed by atoms with Crippen LogP contribution < -0.4 is 5.14 Å². The van der Waals surface area contributed by atoms with Crippen molar-refractivity contribution in [1.82, 2.24) is 14.5 Å². The van der Waals surface area contributed by atoms with Crippen LogP contribution in [0.2, 0.25) is 0 Å². The molecule has 4 rings (SSSR count). The number of rotatable bonds is 4. The van der Waals surface area contributed by atoms with Crippen LogP contribution in [0.4, 0.5) is 0 Å². The van der Waals surface area contributed by atoms with Crippen molar-refractivity contribution < 1.29 is 8.42 Å². The number of nitrogens with zero attached hydrogens (tertiary/aromatic N) is 3. The second-order valence-corrected chi connectivity index (χ2v) is 8.53. The first-order valence-electron chi connectivity index (χ1n) is 9.17. The molecule has 0 aliphatic heterocycles. The number of primary sulfonamides is 1. The molecule has 0 spiro atoms. The average Bonchev–Trinajstić information content (AvgIpc) is 3.26. The normalized spacial score (nSPS) is 12.3. The minimum atomic E-state index is -3.74. The zero-order valence-corrected chi connectivity index (χ0v) is 17.2. The quantitative estimate of drug-likeness (QED) is 0.492. The number of hydrogen-bond acceptors (Lipinski definition) is 4. The van der Waals surface area contributed by atoms with E-state index in [0.717, 1.165) is 33.7 Å². The fourth-order valence-corrected chi connectivity index (χ4v) is 4.02. The predicted octanol–water partition coefficient (Wildman–Crippen LogP) is 3.68. The van der Waals surface area contributed by atoms with Gasteiger partial charge in [-0.05, 0) is 68.0 Å². The number of nitriles is 1. The Morgan fingerprint density at radius 2 is 1.87 bits per heavy atom. The number of hydrogen-bond donors (Lipinski definition) is 2. The third kappa shape index (κ3) is 3.52. The molecule has 0 saturated heterocycles.